The summed E-state index contributed by atoms with van der Waals surface area (Å²) in [6.07, 6.45) is 4.38. The Kier molecular flexibility index (Phi) is 7.25. The van der Waals surface area contributed by atoms with Gasteiger partial charge in [0, 0.05) is 11.6 Å². The minimum absolute atomic E-state index is 0.151. The van der Waals surface area contributed by atoms with Crippen LogP contribution < -0.4 is 5.73 Å². The van der Waals surface area contributed by atoms with Gasteiger partial charge in [-0.3, -0.25) is 4.90 Å². The number of rotatable bonds is 9. The van der Waals surface area contributed by atoms with E-state index in [4.69, 9.17) is 5.73 Å². The van der Waals surface area contributed by atoms with Gasteiger partial charge in [-0.1, -0.05) is 58.0 Å². The molecule has 114 valence electrons. The summed E-state index contributed by atoms with van der Waals surface area (Å²) < 4.78 is 0. The summed E-state index contributed by atoms with van der Waals surface area (Å²) in [5.74, 6) is 0. The van der Waals surface area contributed by atoms with Crippen LogP contribution in [-0.2, 0) is 6.42 Å². The minimum atomic E-state index is 0.151. The van der Waals surface area contributed by atoms with E-state index in [0.717, 1.165) is 38.8 Å². The lowest BCUT2D eigenvalue weighted by molar-refractivity contribution is 0.0601. The topological polar surface area (TPSA) is 29.3 Å². The number of hydrogen-bond donors (Lipinski definition) is 1. The van der Waals surface area contributed by atoms with Crippen LogP contribution in [0.5, 0.6) is 0 Å². The summed E-state index contributed by atoms with van der Waals surface area (Å²) in [5, 5.41) is 0. The third-order valence-electron chi connectivity index (χ3n) is 4.89. The fourth-order valence-electron chi connectivity index (χ4n) is 3.55. The van der Waals surface area contributed by atoms with Crippen LogP contribution in [-0.4, -0.2) is 29.6 Å². The molecule has 0 aromatic heterocycles. The molecule has 2 N–H and O–H groups in total. The molecule has 0 radical (unpaired) electrons. The van der Waals surface area contributed by atoms with Crippen molar-refractivity contribution in [2.45, 2.75) is 65.0 Å². The van der Waals surface area contributed by atoms with E-state index in [1.54, 1.807) is 0 Å². The molecule has 0 aliphatic carbocycles. The predicted octanol–water partition coefficient (Wildman–Crippen LogP) is 3.85. The molecule has 0 spiro atoms. The molecule has 1 atom stereocenters. The van der Waals surface area contributed by atoms with Crippen molar-refractivity contribution in [3.05, 3.63) is 35.9 Å². The molecule has 2 nitrogen and oxygen atoms in total. The van der Waals surface area contributed by atoms with E-state index in [2.05, 4.69) is 62.9 Å². The Labute approximate surface area is 125 Å². The van der Waals surface area contributed by atoms with Gasteiger partial charge in [-0.15, -0.1) is 0 Å². The highest BCUT2D eigenvalue weighted by atomic mass is 15.2. The van der Waals surface area contributed by atoms with E-state index in [9.17, 15) is 0 Å². The summed E-state index contributed by atoms with van der Waals surface area (Å²) >= 11 is 0. The molecule has 1 unspecified atom stereocenters. The highest BCUT2D eigenvalue weighted by Gasteiger charge is 2.37. The van der Waals surface area contributed by atoms with Crippen LogP contribution >= 0.6 is 0 Å². The second kappa shape index (κ2) is 8.43. The monoisotopic (exact) mass is 276 g/mol. The number of aryl methyl sites for hydroxylation is 1. The van der Waals surface area contributed by atoms with Gasteiger partial charge in [0.25, 0.3) is 0 Å². The Hall–Kier alpha value is -0.860. The summed E-state index contributed by atoms with van der Waals surface area (Å²) in [6.45, 7) is 11.2. The van der Waals surface area contributed by atoms with Crippen LogP contribution in [0.1, 0.15) is 52.5 Å². The Morgan fingerprint density at radius 3 is 2.00 bits per heavy atom. The lowest BCUT2D eigenvalue weighted by Gasteiger charge is -2.46. The Balaban J connectivity index is 2.76. The molecule has 1 aromatic rings. The van der Waals surface area contributed by atoms with Crippen molar-refractivity contribution in [1.82, 2.24) is 4.90 Å². The largest absolute Gasteiger partial charge is 0.326 e. The zero-order valence-corrected chi connectivity index (χ0v) is 13.7. The van der Waals surface area contributed by atoms with Crippen molar-refractivity contribution >= 4 is 0 Å². The number of hydrogen-bond acceptors (Lipinski definition) is 2. The summed E-state index contributed by atoms with van der Waals surface area (Å²) in [6, 6.07) is 10.9. The number of nitrogens with two attached hydrogens (primary N) is 1. The van der Waals surface area contributed by atoms with Crippen molar-refractivity contribution < 1.29 is 0 Å². The molecule has 0 saturated carbocycles. The molecule has 0 amide bonds. The maximum Gasteiger partial charge on any atom is 0.0355 e. The first-order valence-corrected chi connectivity index (χ1v) is 8.19. The first-order valence-electron chi connectivity index (χ1n) is 8.19. The van der Waals surface area contributed by atoms with Crippen molar-refractivity contribution in [1.29, 1.82) is 0 Å². The second-order valence-electron chi connectivity index (χ2n) is 5.61. The van der Waals surface area contributed by atoms with Crippen LogP contribution in [0.3, 0.4) is 0 Å². The van der Waals surface area contributed by atoms with Crippen LogP contribution in [0.25, 0.3) is 0 Å². The number of likely N-dealkylation sites (N-methyl/N-ethyl adjacent to an activating group) is 1. The van der Waals surface area contributed by atoms with Gasteiger partial charge < -0.3 is 5.73 Å². The minimum Gasteiger partial charge on any atom is -0.326 e. The lowest BCUT2D eigenvalue weighted by Crippen LogP contribution is -2.59. The SMILES string of the molecule is CCN(CC)C(CC)(CC)C(N)CCc1ccccc1. The lowest BCUT2D eigenvalue weighted by atomic mass is 9.80. The van der Waals surface area contributed by atoms with Crippen molar-refractivity contribution in [3.63, 3.8) is 0 Å². The third-order valence-corrected chi connectivity index (χ3v) is 4.89. The molecular weight excluding hydrogens is 244 g/mol. The van der Waals surface area contributed by atoms with Gasteiger partial charge in [-0.25, -0.2) is 0 Å². The summed E-state index contributed by atoms with van der Waals surface area (Å²) in [7, 11) is 0. The normalized spacial score (nSPS) is 13.7. The summed E-state index contributed by atoms with van der Waals surface area (Å²) in [5.41, 5.74) is 8.18. The molecule has 2 heteroatoms. The first kappa shape index (κ1) is 17.2. The molecule has 0 saturated heterocycles. The standard InChI is InChI=1S/C18H32N2/c1-5-18(6-2,20(7-3)8-4)17(19)15-14-16-12-10-9-11-13-16/h9-13,17H,5-8,14-15,19H2,1-4H3. The van der Waals surface area contributed by atoms with E-state index in [1.807, 2.05) is 0 Å². The molecule has 0 aliphatic heterocycles. The van der Waals surface area contributed by atoms with Crippen molar-refractivity contribution in [2.75, 3.05) is 13.1 Å². The van der Waals surface area contributed by atoms with Gasteiger partial charge in [0.05, 0.1) is 0 Å². The Morgan fingerprint density at radius 2 is 1.55 bits per heavy atom. The third kappa shape index (κ3) is 3.83. The van der Waals surface area contributed by atoms with Crippen LogP contribution in [0.4, 0.5) is 0 Å². The average Bonchev–Trinajstić information content (AvgIpc) is 2.51. The van der Waals surface area contributed by atoms with Gasteiger partial charge in [0.15, 0.2) is 0 Å². The number of nitrogens with zero attached hydrogens (tertiary/aromatic N) is 1. The van der Waals surface area contributed by atoms with E-state index in [1.165, 1.54) is 5.56 Å². The van der Waals surface area contributed by atoms with Gasteiger partial charge in [-0.05, 0) is 44.3 Å². The fourth-order valence-corrected chi connectivity index (χ4v) is 3.55. The Bertz CT molecular complexity index is 353. The average molecular weight is 276 g/mol. The maximum absolute atomic E-state index is 6.63. The maximum atomic E-state index is 6.63. The predicted molar refractivity (Wildman–Crippen MR) is 89.0 cm³/mol. The van der Waals surface area contributed by atoms with E-state index < -0.39 is 0 Å². The van der Waals surface area contributed by atoms with Crippen LogP contribution in [0, 0.1) is 0 Å². The van der Waals surface area contributed by atoms with Gasteiger partial charge >= 0.3 is 0 Å². The first-order chi connectivity index (χ1) is 9.64. The zero-order chi connectivity index (χ0) is 15.0. The van der Waals surface area contributed by atoms with Crippen molar-refractivity contribution in [3.8, 4) is 0 Å². The quantitative estimate of drug-likeness (QED) is 0.742. The highest BCUT2D eigenvalue weighted by molar-refractivity contribution is 5.15. The van der Waals surface area contributed by atoms with Crippen molar-refractivity contribution in [2.24, 2.45) is 5.73 Å². The molecule has 20 heavy (non-hydrogen) atoms. The van der Waals surface area contributed by atoms with E-state index in [0.29, 0.717) is 0 Å². The summed E-state index contributed by atoms with van der Waals surface area (Å²) in [4.78, 5) is 2.56. The van der Waals surface area contributed by atoms with Gasteiger partial charge in [0.1, 0.15) is 0 Å². The Morgan fingerprint density at radius 1 is 1.00 bits per heavy atom. The zero-order valence-electron chi connectivity index (χ0n) is 13.7. The molecule has 0 fully saturated rings. The second-order valence-corrected chi connectivity index (χ2v) is 5.61. The molecule has 1 aromatic carbocycles. The van der Waals surface area contributed by atoms with E-state index in [-0.39, 0.29) is 11.6 Å². The van der Waals surface area contributed by atoms with Gasteiger partial charge in [-0.2, -0.15) is 0 Å². The molecule has 0 aliphatic rings. The van der Waals surface area contributed by atoms with Gasteiger partial charge in [0.2, 0.25) is 0 Å². The van der Waals surface area contributed by atoms with Crippen LogP contribution in [0.2, 0.25) is 0 Å². The molecule has 1 rings (SSSR count). The number of benzene rings is 1. The molecular formula is C18H32N2. The van der Waals surface area contributed by atoms with E-state index >= 15 is 0 Å². The molecule has 0 heterocycles. The molecule has 0 bridgehead atoms. The smallest absolute Gasteiger partial charge is 0.0355 e. The van der Waals surface area contributed by atoms with Crippen LogP contribution in [0.15, 0.2) is 30.3 Å². The fraction of sp³-hybridized carbons (Fsp3) is 0.667. The highest BCUT2D eigenvalue weighted by Crippen LogP contribution is 2.29.